The van der Waals surface area contributed by atoms with Crippen LogP contribution < -0.4 is 5.32 Å². The number of rotatable bonds is 6. The molecule has 0 spiro atoms. The predicted octanol–water partition coefficient (Wildman–Crippen LogP) is 3.88. The summed E-state index contributed by atoms with van der Waals surface area (Å²) >= 11 is 0. The summed E-state index contributed by atoms with van der Waals surface area (Å²) in [5.41, 5.74) is 3.09. The molecule has 0 saturated carbocycles. The van der Waals surface area contributed by atoms with E-state index in [9.17, 15) is 0 Å². The largest absolute Gasteiger partial charge is 0.316 e. The topological polar surface area (TPSA) is 12.0 Å². The number of nitrogens with one attached hydrogen (secondary N) is 1. The van der Waals surface area contributed by atoms with Crippen molar-refractivity contribution in [3.05, 3.63) is 47.5 Å². The number of hydrogen-bond donors (Lipinski definition) is 1. The highest BCUT2D eigenvalue weighted by Gasteiger charge is 2.06. The highest BCUT2D eigenvalue weighted by Crippen LogP contribution is 2.20. The van der Waals surface area contributed by atoms with Crippen LogP contribution in [0.25, 0.3) is 0 Å². The van der Waals surface area contributed by atoms with E-state index in [0.717, 1.165) is 13.1 Å². The van der Waals surface area contributed by atoms with E-state index in [1.165, 1.54) is 31.2 Å². The van der Waals surface area contributed by atoms with Crippen LogP contribution in [-0.2, 0) is 0 Å². The van der Waals surface area contributed by atoms with Crippen molar-refractivity contribution in [3.63, 3.8) is 0 Å². The summed E-state index contributed by atoms with van der Waals surface area (Å²) in [6, 6.07) is 10.7. The third kappa shape index (κ3) is 4.01. The Kier molecular flexibility index (Phi) is 4.81. The molecule has 0 radical (unpaired) electrons. The average Bonchev–Trinajstić information content (AvgIpc) is 2.88. The number of benzene rings is 1. The van der Waals surface area contributed by atoms with Crippen molar-refractivity contribution in [2.24, 2.45) is 0 Å². The molecule has 1 nitrogen and oxygen atoms in total. The van der Waals surface area contributed by atoms with E-state index in [-0.39, 0.29) is 0 Å². The summed E-state index contributed by atoms with van der Waals surface area (Å²) in [7, 11) is 0. The van der Waals surface area contributed by atoms with Crippen LogP contribution in [0.2, 0.25) is 0 Å². The lowest BCUT2D eigenvalue weighted by atomic mass is 10.0. The van der Waals surface area contributed by atoms with Crippen LogP contribution in [0.3, 0.4) is 0 Å². The van der Waals surface area contributed by atoms with Gasteiger partial charge in [0.2, 0.25) is 0 Å². The van der Waals surface area contributed by atoms with Gasteiger partial charge in [0, 0.05) is 6.54 Å². The number of allylic oxidation sites excluding steroid dienone is 1. The van der Waals surface area contributed by atoms with Crippen LogP contribution in [0, 0.1) is 0 Å². The molecule has 0 saturated heterocycles. The fourth-order valence-electron chi connectivity index (χ4n) is 2.43. The Morgan fingerprint density at radius 1 is 1.24 bits per heavy atom. The minimum absolute atomic E-state index is 0.605. The third-order valence-corrected chi connectivity index (χ3v) is 3.58. The normalized spacial score (nSPS) is 16.9. The standard InChI is InChI=1S/C16H23N/c1-14(16-9-3-2-4-10-16)13-17-12-11-15-7-5-6-8-15/h2-4,7,9-10,14,17H,5-6,8,11-13H2,1H3. The van der Waals surface area contributed by atoms with E-state index in [0.29, 0.717) is 5.92 Å². The Morgan fingerprint density at radius 3 is 2.76 bits per heavy atom. The summed E-state index contributed by atoms with van der Waals surface area (Å²) < 4.78 is 0. The lowest BCUT2D eigenvalue weighted by Gasteiger charge is -2.13. The van der Waals surface area contributed by atoms with Crippen molar-refractivity contribution in [2.45, 2.75) is 38.5 Å². The molecule has 0 fully saturated rings. The maximum atomic E-state index is 3.57. The smallest absolute Gasteiger partial charge is 0.00176 e. The first kappa shape index (κ1) is 12.4. The second-order valence-corrected chi connectivity index (χ2v) is 5.02. The first-order valence-corrected chi connectivity index (χ1v) is 6.80. The van der Waals surface area contributed by atoms with Crippen LogP contribution in [0.15, 0.2) is 42.0 Å². The molecule has 1 aromatic rings. The molecule has 17 heavy (non-hydrogen) atoms. The zero-order valence-corrected chi connectivity index (χ0v) is 10.8. The fraction of sp³-hybridized carbons (Fsp3) is 0.500. The first-order valence-electron chi connectivity index (χ1n) is 6.80. The van der Waals surface area contributed by atoms with Crippen molar-refractivity contribution in [2.75, 3.05) is 13.1 Å². The Bertz CT molecular complexity index is 353. The lowest BCUT2D eigenvalue weighted by molar-refractivity contribution is 0.611. The summed E-state index contributed by atoms with van der Waals surface area (Å²) in [6.45, 7) is 4.50. The summed E-state index contributed by atoms with van der Waals surface area (Å²) in [4.78, 5) is 0. The van der Waals surface area contributed by atoms with Gasteiger partial charge in [0.05, 0.1) is 0 Å². The second kappa shape index (κ2) is 6.61. The fourth-order valence-corrected chi connectivity index (χ4v) is 2.43. The third-order valence-electron chi connectivity index (χ3n) is 3.58. The van der Waals surface area contributed by atoms with Gasteiger partial charge in [-0.3, -0.25) is 0 Å². The Morgan fingerprint density at radius 2 is 2.06 bits per heavy atom. The van der Waals surface area contributed by atoms with Crippen molar-refractivity contribution < 1.29 is 0 Å². The zero-order chi connectivity index (χ0) is 11.9. The Labute approximate surface area is 105 Å². The van der Waals surface area contributed by atoms with Gasteiger partial charge in [-0.1, -0.05) is 48.9 Å². The molecule has 2 rings (SSSR count). The van der Waals surface area contributed by atoms with Crippen LogP contribution in [0.1, 0.15) is 44.1 Å². The summed E-state index contributed by atoms with van der Waals surface area (Å²) in [5, 5.41) is 3.57. The molecule has 0 heterocycles. The molecular weight excluding hydrogens is 206 g/mol. The molecule has 0 aromatic heterocycles. The van der Waals surface area contributed by atoms with Gasteiger partial charge in [-0.25, -0.2) is 0 Å². The molecular formula is C16H23N. The first-order chi connectivity index (χ1) is 8.36. The lowest BCUT2D eigenvalue weighted by Crippen LogP contribution is -2.21. The zero-order valence-electron chi connectivity index (χ0n) is 10.8. The van der Waals surface area contributed by atoms with Crippen LogP contribution in [0.5, 0.6) is 0 Å². The molecule has 1 aromatic carbocycles. The van der Waals surface area contributed by atoms with E-state index in [1.807, 2.05) is 0 Å². The van der Waals surface area contributed by atoms with Gasteiger partial charge in [0.15, 0.2) is 0 Å². The van der Waals surface area contributed by atoms with E-state index >= 15 is 0 Å². The molecule has 1 atom stereocenters. The molecule has 92 valence electrons. The molecule has 0 aliphatic heterocycles. The van der Waals surface area contributed by atoms with E-state index < -0.39 is 0 Å². The summed E-state index contributed by atoms with van der Waals surface area (Å²) in [6.07, 6.45) is 7.66. The van der Waals surface area contributed by atoms with E-state index in [2.05, 4.69) is 48.6 Å². The van der Waals surface area contributed by atoms with Gasteiger partial charge in [-0.15, -0.1) is 0 Å². The van der Waals surface area contributed by atoms with E-state index in [4.69, 9.17) is 0 Å². The van der Waals surface area contributed by atoms with Gasteiger partial charge < -0.3 is 5.32 Å². The van der Waals surface area contributed by atoms with Crippen LogP contribution in [-0.4, -0.2) is 13.1 Å². The highest BCUT2D eigenvalue weighted by atomic mass is 14.8. The molecule has 1 aliphatic carbocycles. The van der Waals surface area contributed by atoms with Crippen molar-refractivity contribution >= 4 is 0 Å². The van der Waals surface area contributed by atoms with Gasteiger partial charge >= 0.3 is 0 Å². The van der Waals surface area contributed by atoms with Gasteiger partial charge in [0.25, 0.3) is 0 Å². The predicted molar refractivity (Wildman–Crippen MR) is 74.3 cm³/mol. The molecule has 0 bridgehead atoms. The maximum absolute atomic E-state index is 3.57. The number of hydrogen-bond acceptors (Lipinski definition) is 1. The van der Waals surface area contributed by atoms with Crippen LogP contribution in [0.4, 0.5) is 0 Å². The monoisotopic (exact) mass is 229 g/mol. The minimum Gasteiger partial charge on any atom is -0.316 e. The van der Waals surface area contributed by atoms with Gasteiger partial charge in [-0.2, -0.15) is 0 Å². The molecule has 1 unspecified atom stereocenters. The quantitative estimate of drug-likeness (QED) is 0.576. The Hall–Kier alpha value is -1.08. The maximum Gasteiger partial charge on any atom is 0.00176 e. The molecule has 1 heteroatoms. The average molecular weight is 229 g/mol. The minimum atomic E-state index is 0.605. The van der Waals surface area contributed by atoms with Crippen molar-refractivity contribution in [1.82, 2.24) is 5.32 Å². The van der Waals surface area contributed by atoms with Crippen molar-refractivity contribution in [3.8, 4) is 0 Å². The van der Waals surface area contributed by atoms with Crippen LogP contribution >= 0.6 is 0 Å². The molecule has 0 amide bonds. The van der Waals surface area contributed by atoms with Crippen molar-refractivity contribution in [1.29, 1.82) is 0 Å². The van der Waals surface area contributed by atoms with Gasteiger partial charge in [0.1, 0.15) is 0 Å². The SMILES string of the molecule is CC(CNCCC1=CCCC1)c1ccccc1. The Balaban J connectivity index is 1.65. The van der Waals surface area contributed by atoms with Gasteiger partial charge in [-0.05, 0) is 43.7 Å². The molecule has 1 aliphatic rings. The highest BCUT2D eigenvalue weighted by molar-refractivity contribution is 5.19. The van der Waals surface area contributed by atoms with E-state index in [1.54, 1.807) is 5.57 Å². The molecule has 1 N–H and O–H groups in total. The second-order valence-electron chi connectivity index (χ2n) is 5.02. The summed E-state index contributed by atoms with van der Waals surface area (Å²) in [5.74, 6) is 0.605.